The van der Waals surface area contributed by atoms with Crippen molar-refractivity contribution in [1.82, 2.24) is 0 Å². The van der Waals surface area contributed by atoms with Gasteiger partial charge in [-0.1, -0.05) is 0 Å². The smallest absolute Gasteiger partial charge is 0.323 e. The number of carboxylic acid groups (broad SMARTS) is 1. The lowest BCUT2D eigenvalue weighted by atomic mass is 9.69. The molecule has 0 radical (unpaired) electrons. The number of rotatable bonds is 3. The number of esters is 1. The van der Waals surface area contributed by atoms with Gasteiger partial charge in [-0.2, -0.15) is 0 Å². The van der Waals surface area contributed by atoms with Gasteiger partial charge in [-0.3, -0.25) is 9.59 Å². The van der Waals surface area contributed by atoms with E-state index in [1.54, 1.807) is 0 Å². The molecular formula is C13H20O6. The molecule has 0 aromatic carbocycles. The highest BCUT2D eigenvalue weighted by molar-refractivity contribution is 5.99. The lowest BCUT2D eigenvalue weighted by Gasteiger charge is -2.42. The zero-order valence-corrected chi connectivity index (χ0v) is 11.3. The van der Waals surface area contributed by atoms with Crippen LogP contribution in [0, 0.1) is 11.3 Å². The molecule has 0 aliphatic carbocycles. The minimum absolute atomic E-state index is 0.298. The van der Waals surface area contributed by atoms with Crippen LogP contribution in [0.2, 0.25) is 0 Å². The molecule has 0 saturated carbocycles. The molecule has 6 nitrogen and oxygen atoms in total. The van der Waals surface area contributed by atoms with E-state index in [0.717, 1.165) is 6.42 Å². The molecule has 1 N–H and O–H groups in total. The zero-order valence-electron chi connectivity index (χ0n) is 11.3. The molecule has 108 valence electrons. The maximum atomic E-state index is 11.9. The fourth-order valence-electron chi connectivity index (χ4n) is 3.02. The first-order chi connectivity index (χ1) is 8.94. The van der Waals surface area contributed by atoms with Crippen LogP contribution in [0.5, 0.6) is 0 Å². The van der Waals surface area contributed by atoms with Crippen molar-refractivity contribution in [3.05, 3.63) is 0 Å². The average molecular weight is 272 g/mol. The Hall–Kier alpha value is -1.14. The summed E-state index contributed by atoms with van der Waals surface area (Å²) in [5, 5.41) is 9.44. The number of methoxy groups -OCH3 is 1. The Balaban J connectivity index is 2.22. The molecule has 2 fully saturated rings. The van der Waals surface area contributed by atoms with Crippen molar-refractivity contribution in [3.8, 4) is 0 Å². The summed E-state index contributed by atoms with van der Waals surface area (Å²) in [7, 11) is 1.22. The molecule has 2 heterocycles. The second-order valence-corrected chi connectivity index (χ2v) is 5.52. The van der Waals surface area contributed by atoms with Crippen LogP contribution in [0.25, 0.3) is 0 Å². The third-order valence-corrected chi connectivity index (χ3v) is 4.43. The molecule has 19 heavy (non-hydrogen) atoms. The van der Waals surface area contributed by atoms with E-state index in [9.17, 15) is 14.7 Å². The third-order valence-electron chi connectivity index (χ3n) is 4.43. The summed E-state index contributed by atoms with van der Waals surface area (Å²) >= 11 is 0. The number of aliphatic carboxylic acids is 1. The fraction of sp³-hybridized carbons (Fsp3) is 0.846. The number of carbonyl (C=O) groups excluding carboxylic acids is 1. The van der Waals surface area contributed by atoms with E-state index in [-0.39, 0.29) is 5.92 Å². The van der Waals surface area contributed by atoms with E-state index in [1.807, 2.05) is 0 Å². The van der Waals surface area contributed by atoms with Crippen LogP contribution < -0.4 is 0 Å². The Morgan fingerprint density at radius 1 is 1.42 bits per heavy atom. The van der Waals surface area contributed by atoms with Crippen LogP contribution >= 0.6 is 0 Å². The number of carbonyl (C=O) groups is 2. The number of ether oxygens (including phenoxy) is 3. The molecule has 2 aliphatic heterocycles. The molecule has 0 amide bonds. The monoisotopic (exact) mass is 272 g/mol. The Morgan fingerprint density at radius 3 is 2.68 bits per heavy atom. The molecule has 6 heteroatoms. The number of hydrogen-bond acceptors (Lipinski definition) is 5. The standard InChI is InChI=1S/C13H20O6/c1-12(10(14)15,11(16)17-2)9-3-5-19-13(7-9)4-6-18-8-13/h9H,3-8H2,1-2H3,(H,14,15). The summed E-state index contributed by atoms with van der Waals surface area (Å²) in [5.41, 5.74) is -1.94. The first-order valence-electron chi connectivity index (χ1n) is 6.48. The summed E-state index contributed by atoms with van der Waals surface area (Å²) in [6.07, 6.45) is 1.81. The molecule has 3 unspecified atom stereocenters. The van der Waals surface area contributed by atoms with Crippen LogP contribution in [-0.2, 0) is 23.8 Å². The Bertz CT molecular complexity index is 373. The molecular weight excluding hydrogens is 252 g/mol. The van der Waals surface area contributed by atoms with Crippen molar-refractivity contribution in [2.45, 2.75) is 31.8 Å². The molecule has 1 spiro atoms. The molecule has 0 bridgehead atoms. The summed E-state index contributed by atoms with van der Waals surface area (Å²) < 4.78 is 15.8. The number of hydrogen-bond donors (Lipinski definition) is 1. The van der Waals surface area contributed by atoms with Crippen molar-refractivity contribution in [2.24, 2.45) is 11.3 Å². The van der Waals surface area contributed by atoms with Crippen molar-refractivity contribution in [2.75, 3.05) is 26.9 Å². The van der Waals surface area contributed by atoms with Gasteiger partial charge in [0.1, 0.15) is 0 Å². The van der Waals surface area contributed by atoms with Gasteiger partial charge in [-0.05, 0) is 25.7 Å². The van der Waals surface area contributed by atoms with Crippen molar-refractivity contribution < 1.29 is 28.9 Å². The van der Waals surface area contributed by atoms with E-state index >= 15 is 0 Å². The van der Waals surface area contributed by atoms with Gasteiger partial charge in [-0.15, -0.1) is 0 Å². The fourth-order valence-corrected chi connectivity index (χ4v) is 3.02. The van der Waals surface area contributed by atoms with E-state index in [2.05, 4.69) is 4.74 Å². The van der Waals surface area contributed by atoms with E-state index in [0.29, 0.717) is 32.7 Å². The van der Waals surface area contributed by atoms with Gasteiger partial charge < -0.3 is 19.3 Å². The van der Waals surface area contributed by atoms with Gasteiger partial charge in [-0.25, -0.2) is 0 Å². The molecule has 0 aromatic rings. The van der Waals surface area contributed by atoms with Gasteiger partial charge >= 0.3 is 11.9 Å². The second-order valence-electron chi connectivity index (χ2n) is 5.52. The van der Waals surface area contributed by atoms with Crippen molar-refractivity contribution in [3.63, 3.8) is 0 Å². The van der Waals surface area contributed by atoms with Crippen LogP contribution in [0.15, 0.2) is 0 Å². The van der Waals surface area contributed by atoms with Crippen molar-refractivity contribution >= 4 is 11.9 Å². The zero-order chi connectivity index (χ0) is 14.1. The summed E-state index contributed by atoms with van der Waals surface area (Å²) in [4.78, 5) is 23.5. The van der Waals surface area contributed by atoms with E-state index in [4.69, 9.17) is 9.47 Å². The molecule has 2 saturated heterocycles. The SMILES string of the molecule is COC(=O)C(C)(C(=O)O)C1CCOC2(CCOC2)C1. The summed E-state index contributed by atoms with van der Waals surface area (Å²) in [5.74, 6) is -2.13. The summed E-state index contributed by atoms with van der Waals surface area (Å²) in [6, 6.07) is 0. The van der Waals surface area contributed by atoms with Gasteiger partial charge in [0, 0.05) is 19.6 Å². The molecule has 2 rings (SSSR count). The van der Waals surface area contributed by atoms with E-state index in [1.165, 1.54) is 14.0 Å². The van der Waals surface area contributed by atoms with Crippen LogP contribution in [-0.4, -0.2) is 49.6 Å². The quantitative estimate of drug-likeness (QED) is 0.605. The Morgan fingerprint density at radius 2 is 2.16 bits per heavy atom. The molecule has 0 aromatic heterocycles. The van der Waals surface area contributed by atoms with E-state index < -0.39 is 23.0 Å². The second kappa shape index (κ2) is 5.09. The third kappa shape index (κ3) is 2.34. The van der Waals surface area contributed by atoms with Gasteiger partial charge in [0.05, 0.1) is 19.3 Å². The largest absolute Gasteiger partial charge is 0.480 e. The lowest BCUT2D eigenvalue weighted by molar-refractivity contribution is -0.179. The van der Waals surface area contributed by atoms with Crippen LogP contribution in [0.4, 0.5) is 0 Å². The maximum Gasteiger partial charge on any atom is 0.323 e. The van der Waals surface area contributed by atoms with Gasteiger partial charge in [0.15, 0.2) is 5.41 Å². The molecule has 3 atom stereocenters. The first kappa shape index (κ1) is 14.3. The molecule has 2 aliphatic rings. The summed E-state index contributed by atoms with van der Waals surface area (Å²) in [6.45, 7) is 2.99. The topological polar surface area (TPSA) is 82.1 Å². The predicted octanol–water partition coefficient (Wildman–Crippen LogP) is 0.836. The Labute approximate surface area is 112 Å². The highest BCUT2D eigenvalue weighted by Gasteiger charge is 2.54. The highest BCUT2D eigenvalue weighted by atomic mass is 16.6. The first-order valence-corrected chi connectivity index (χ1v) is 6.48. The highest BCUT2D eigenvalue weighted by Crippen LogP contribution is 2.44. The Kier molecular flexibility index (Phi) is 3.82. The van der Waals surface area contributed by atoms with Gasteiger partial charge in [0.2, 0.25) is 0 Å². The number of carboxylic acids is 1. The predicted molar refractivity (Wildman–Crippen MR) is 64.6 cm³/mol. The van der Waals surface area contributed by atoms with Gasteiger partial charge in [0.25, 0.3) is 0 Å². The average Bonchev–Trinajstić information content (AvgIpc) is 2.84. The normalized spacial score (nSPS) is 33.9. The minimum Gasteiger partial charge on any atom is -0.480 e. The lowest BCUT2D eigenvalue weighted by Crippen LogP contribution is -2.51. The van der Waals surface area contributed by atoms with Crippen molar-refractivity contribution in [1.29, 1.82) is 0 Å². The van der Waals surface area contributed by atoms with Crippen LogP contribution in [0.1, 0.15) is 26.2 Å². The maximum absolute atomic E-state index is 11.9. The van der Waals surface area contributed by atoms with Crippen LogP contribution in [0.3, 0.4) is 0 Å². The minimum atomic E-state index is -1.52.